The van der Waals surface area contributed by atoms with E-state index in [1.165, 1.54) is 36.7 Å². The summed E-state index contributed by atoms with van der Waals surface area (Å²) < 4.78 is 13.7. The van der Waals surface area contributed by atoms with Gasteiger partial charge < -0.3 is 11.1 Å². The van der Waals surface area contributed by atoms with E-state index in [4.69, 9.17) is 5.73 Å². The highest BCUT2D eigenvalue weighted by Gasteiger charge is 2.11. The standard InChI is InChI=1S/C12H9BrFN3O/c13-9-2-1-7(14)5-11(9)17-12(18)8-6-16-4-3-10(8)15/h1-6H,(H2,15,16)(H,17,18). The Bertz CT molecular complexity index is 604. The summed E-state index contributed by atoms with van der Waals surface area (Å²) in [5.41, 5.74) is 6.55. The fraction of sp³-hybridized carbons (Fsp3) is 0. The Morgan fingerprint density at radius 2 is 2.17 bits per heavy atom. The molecule has 1 amide bonds. The first-order valence-corrected chi connectivity index (χ1v) is 5.83. The van der Waals surface area contributed by atoms with E-state index in [0.717, 1.165) is 0 Å². The zero-order valence-corrected chi connectivity index (χ0v) is 10.7. The highest BCUT2D eigenvalue weighted by Crippen LogP contribution is 2.24. The second-order valence-corrected chi connectivity index (χ2v) is 4.40. The Hall–Kier alpha value is -1.95. The minimum absolute atomic E-state index is 0.244. The number of rotatable bonds is 2. The Kier molecular flexibility index (Phi) is 3.57. The van der Waals surface area contributed by atoms with Gasteiger partial charge in [0.05, 0.1) is 11.3 Å². The molecule has 0 aliphatic carbocycles. The van der Waals surface area contributed by atoms with Crippen molar-refractivity contribution in [2.45, 2.75) is 0 Å². The average molecular weight is 310 g/mol. The fourth-order valence-corrected chi connectivity index (χ4v) is 1.72. The van der Waals surface area contributed by atoms with Gasteiger partial charge in [0.15, 0.2) is 0 Å². The average Bonchev–Trinajstić information content (AvgIpc) is 2.34. The summed E-state index contributed by atoms with van der Waals surface area (Å²) in [6, 6.07) is 5.54. The number of halogens is 2. The molecule has 2 rings (SSSR count). The predicted octanol–water partition coefficient (Wildman–Crippen LogP) is 2.82. The quantitative estimate of drug-likeness (QED) is 0.896. The number of hydrogen-bond donors (Lipinski definition) is 2. The van der Waals surface area contributed by atoms with Crippen LogP contribution in [0.4, 0.5) is 15.8 Å². The molecule has 0 radical (unpaired) electrons. The second-order valence-electron chi connectivity index (χ2n) is 3.54. The molecule has 0 atom stereocenters. The molecule has 3 N–H and O–H groups in total. The molecule has 0 unspecified atom stereocenters. The molecular formula is C12H9BrFN3O. The highest BCUT2D eigenvalue weighted by atomic mass is 79.9. The van der Waals surface area contributed by atoms with Gasteiger partial charge in [-0.05, 0) is 40.2 Å². The van der Waals surface area contributed by atoms with Crippen molar-refractivity contribution in [2.75, 3.05) is 11.1 Å². The first-order valence-electron chi connectivity index (χ1n) is 5.04. The summed E-state index contributed by atoms with van der Waals surface area (Å²) in [6.45, 7) is 0. The second kappa shape index (κ2) is 5.14. The largest absolute Gasteiger partial charge is 0.398 e. The van der Waals surface area contributed by atoms with Crippen LogP contribution in [0, 0.1) is 5.82 Å². The number of pyridine rings is 1. The van der Waals surface area contributed by atoms with Gasteiger partial charge >= 0.3 is 0 Å². The number of hydrogen-bond acceptors (Lipinski definition) is 3. The number of nitrogens with one attached hydrogen (secondary N) is 1. The van der Waals surface area contributed by atoms with Crippen molar-refractivity contribution in [3.05, 3.63) is 52.5 Å². The Balaban J connectivity index is 2.27. The number of amides is 1. The van der Waals surface area contributed by atoms with Crippen LogP contribution in [0.5, 0.6) is 0 Å². The van der Waals surface area contributed by atoms with Gasteiger partial charge in [0.1, 0.15) is 5.82 Å². The smallest absolute Gasteiger partial charge is 0.259 e. The third kappa shape index (κ3) is 2.65. The first kappa shape index (κ1) is 12.5. The van der Waals surface area contributed by atoms with Crippen LogP contribution < -0.4 is 11.1 Å². The molecule has 0 aliphatic rings. The van der Waals surface area contributed by atoms with Crippen molar-refractivity contribution in [1.29, 1.82) is 0 Å². The maximum atomic E-state index is 13.1. The van der Waals surface area contributed by atoms with Gasteiger partial charge in [0.25, 0.3) is 5.91 Å². The molecule has 1 heterocycles. The number of nitrogens with two attached hydrogens (primary N) is 1. The molecule has 6 heteroatoms. The molecule has 1 aromatic carbocycles. The van der Waals surface area contributed by atoms with Crippen LogP contribution in [0.3, 0.4) is 0 Å². The first-order chi connectivity index (χ1) is 8.58. The van der Waals surface area contributed by atoms with Crippen LogP contribution in [0.2, 0.25) is 0 Å². The third-order valence-electron chi connectivity index (χ3n) is 2.28. The van der Waals surface area contributed by atoms with Gasteiger partial charge in [0.2, 0.25) is 0 Å². The van der Waals surface area contributed by atoms with E-state index in [-0.39, 0.29) is 5.56 Å². The number of aromatic nitrogens is 1. The van der Waals surface area contributed by atoms with E-state index in [1.807, 2.05) is 0 Å². The highest BCUT2D eigenvalue weighted by molar-refractivity contribution is 9.10. The molecule has 1 aromatic heterocycles. The summed E-state index contributed by atoms with van der Waals surface area (Å²) in [4.78, 5) is 15.7. The molecule has 92 valence electrons. The number of carbonyl (C=O) groups is 1. The SMILES string of the molecule is Nc1ccncc1C(=O)Nc1cc(F)ccc1Br. The molecule has 0 saturated carbocycles. The molecule has 0 fully saturated rings. The lowest BCUT2D eigenvalue weighted by Gasteiger charge is -2.08. The summed E-state index contributed by atoms with van der Waals surface area (Å²) in [6.07, 6.45) is 2.85. The van der Waals surface area contributed by atoms with E-state index in [2.05, 4.69) is 26.2 Å². The fourth-order valence-electron chi connectivity index (χ4n) is 1.38. The summed E-state index contributed by atoms with van der Waals surface area (Å²) in [5, 5.41) is 2.56. The summed E-state index contributed by atoms with van der Waals surface area (Å²) in [7, 11) is 0. The van der Waals surface area contributed by atoms with Crippen LogP contribution >= 0.6 is 15.9 Å². The van der Waals surface area contributed by atoms with Crippen LogP contribution in [0.25, 0.3) is 0 Å². The van der Waals surface area contributed by atoms with Crippen molar-refractivity contribution < 1.29 is 9.18 Å². The molecular weight excluding hydrogens is 301 g/mol. The zero-order valence-electron chi connectivity index (χ0n) is 9.15. The summed E-state index contributed by atoms with van der Waals surface area (Å²) >= 11 is 3.22. The zero-order chi connectivity index (χ0) is 13.1. The van der Waals surface area contributed by atoms with Crippen LogP contribution in [0.1, 0.15) is 10.4 Å². The van der Waals surface area contributed by atoms with Crippen molar-refractivity contribution in [1.82, 2.24) is 4.98 Å². The van der Waals surface area contributed by atoms with Gasteiger partial charge in [-0.3, -0.25) is 9.78 Å². The van der Waals surface area contributed by atoms with Gasteiger partial charge in [0, 0.05) is 22.6 Å². The van der Waals surface area contributed by atoms with E-state index in [9.17, 15) is 9.18 Å². The van der Waals surface area contributed by atoms with Crippen LogP contribution in [-0.4, -0.2) is 10.9 Å². The predicted molar refractivity (Wildman–Crippen MR) is 70.7 cm³/mol. The van der Waals surface area contributed by atoms with Gasteiger partial charge in [-0.2, -0.15) is 0 Å². The molecule has 0 saturated heterocycles. The number of carbonyl (C=O) groups excluding carboxylic acids is 1. The lowest BCUT2D eigenvalue weighted by molar-refractivity contribution is 0.102. The Morgan fingerprint density at radius 3 is 2.89 bits per heavy atom. The van der Waals surface area contributed by atoms with Crippen LogP contribution in [-0.2, 0) is 0 Å². The molecule has 0 bridgehead atoms. The topological polar surface area (TPSA) is 68.0 Å². The number of anilines is 2. The Labute approximate surface area is 111 Å². The molecule has 18 heavy (non-hydrogen) atoms. The number of nitrogens with zero attached hydrogens (tertiary/aromatic N) is 1. The van der Waals surface area contributed by atoms with E-state index in [0.29, 0.717) is 15.8 Å². The molecule has 4 nitrogen and oxygen atoms in total. The van der Waals surface area contributed by atoms with E-state index >= 15 is 0 Å². The van der Waals surface area contributed by atoms with Crippen molar-refractivity contribution in [3.8, 4) is 0 Å². The Morgan fingerprint density at radius 1 is 1.39 bits per heavy atom. The minimum atomic E-state index is -0.438. The van der Waals surface area contributed by atoms with Crippen molar-refractivity contribution in [2.24, 2.45) is 0 Å². The van der Waals surface area contributed by atoms with Gasteiger partial charge in [-0.25, -0.2) is 4.39 Å². The lowest BCUT2D eigenvalue weighted by atomic mass is 10.2. The van der Waals surface area contributed by atoms with Crippen LogP contribution in [0.15, 0.2) is 41.1 Å². The van der Waals surface area contributed by atoms with Crippen molar-refractivity contribution >= 4 is 33.2 Å². The molecule has 2 aromatic rings. The number of nitrogen functional groups attached to an aromatic ring is 1. The third-order valence-corrected chi connectivity index (χ3v) is 2.97. The minimum Gasteiger partial charge on any atom is -0.398 e. The van der Waals surface area contributed by atoms with E-state index in [1.54, 1.807) is 0 Å². The lowest BCUT2D eigenvalue weighted by Crippen LogP contribution is -2.14. The maximum absolute atomic E-state index is 13.1. The maximum Gasteiger partial charge on any atom is 0.259 e. The van der Waals surface area contributed by atoms with Gasteiger partial charge in [-0.15, -0.1) is 0 Å². The monoisotopic (exact) mass is 309 g/mol. The number of benzene rings is 1. The summed E-state index contributed by atoms with van der Waals surface area (Å²) in [5.74, 6) is -0.875. The molecule has 0 aliphatic heterocycles. The van der Waals surface area contributed by atoms with Crippen molar-refractivity contribution in [3.63, 3.8) is 0 Å². The van der Waals surface area contributed by atoms with Gasteiger partial charge in [-0.1, -0.05) is 0 Å². The normalized spacial score (nSPS) is 10.1. The van der Waals surface area contributed by atoms with E-state index < -0.39 is 11.7 Å². The molecule has 0 spiro atoms.